The first kappa shape index (κ1) is 19.5. The topological polar surface area (TPSA) is 63.5 Å². The van der Waals surface area contributed by atoms with Gasteiger partial charge in [-0.2, -0.15) is 0 Å². The second-order valence-corrected chi connectivity index (χ2v) is 6.89. The number of ether oxygens (including phenoxy) is 2. The van der Waals surface area contributed by atoms with Crippen LogP contribution in [0, 0.1) is 0 Å². The molecule has 6 nitrogen and oxygen atoms in total. The molecule has 1 aliphatic carbocycles. The maximum atomic E-state index is 12.1. The van der Waals surface area contributed by atoms with Crippen LogP contribution in [0.1, 0.15) is 59.8 Å². The minimum absolute atomic E-state index is 0.169. The average Bonchev–Trinajstić information content (AvgIpc) is 2.49. The van der Waals surface area contributed by atoms with Crippen LogP contribution < -0.4 is 0 Å². The van der Waals surface area contributed by atoms with E-state index in [1.165, 1.54) is 6.34 Å². The van der Waals surface area contributed by atoms with Crippen LogP contribution in [0.15, 0.2) is 9.98 Å². The van der Waals surface area contributed by atoms with Crippen molar-refractivity contribution in [2.45, 2.75) is 77.5 Å². The van der Waals surface area contributed by atoms with Crippen molar-refractivity contribution in [2.24, 2.45) is 9.98 Å². The molecule has 0 N–H and O–H groups in total. The van der Waals surface area contributed by atoms with Crippen molar-refractivity contribution in [2.75, 3.05) is 14.1 Å². The minimum Gasteiger partial charge on any atom is -0.477 e. The second-order valence-electron chi connectivity index (χ2n) is 6.89. The molecule has 0 spiro atoms. The van der Waals surface area contributed by atoms with E-state index in [0.29, 0.717) is 0 Å². The van der Waals surface area contributed by atoms with Gasteiger partial charge in [0, 0.05) is 26.6 Å². The van der Waals surface area contributed by atoms with Crippen molar-refractivity contribution in [1.82, 2.24) is 4.90 Å². The number of nitrogens with zero attached hydrogens (tertiary/aromatic N) is 3. The summed E-state index contributed by atoms with van der Waals surface area (Å²) in [6.07, 6.45) is 5.85. The van der Waals surface area contributed by atoms with E-state index < -0.39 is 5.60 Å². The van der Waals surface area contributed by atoms with Gasteiger partial charge in [-0.05, 0) is 46.5 Å². The second kappa shape index (κ2) is 8.89. The van der Waals surface area contributed by atoms with Gasteiger partial charge in [0.15, 0.2) is 5.90 Å². The first-order chi connectivity index (χ1) is 10.8. The number of carbonyl (C=O) groups is 1. The highest BCUT2D eigenvalue weighted by Gasteiger charge is 2.30. The Hall–Kier alpha value is -1.59. The minimum atomic E-state index is -0.459. The third-order valence-electron chi connectivity index (χ3n) is 3.80. The van der Waals surface area contributed by atoms with Crippen molar-refractivity contribution < 1.29 is 14.3 Å². The lowest BCUT2D eigenvalue weighted by Crippen LogP contribution is -2.43. The Labute approximate surface area is 140 Å². The lowest BCUT2D eigenvalue weighted by Gasteiger charge is -2.35. The summed E-state index contributed by atoms with van der Waals surface area (Å²) in [5, 5.41) is 0. The molecular weight excluding hydrogens is 294 g/mol. The monoisotopic (exact) mass is 325 g/mol. The number of aliphatic imine (C=N–C) groups is 2. The molecule has 0 bridgehead atoms. The maximum absolute atomic E-state index is 12.1. The molecule has 0 saturated heterocycles. The Bertz CT molecular complexity index is 433. The van der Waals surface area contributed by atoms with E-state index >= 15 is 0 Å². The summed E-state index contributed by atoms with van der Waals surface area (Å²) in [5.74, 6) is 0.722. The summed E-state index contributed by atoms with van der Waals surface area (Å²) in [7, 11) is 3.51. The largest absolute Gasteiger partial charge is 0.477 e. The number of hydrogen-bond donors (Lipinski definition) is 0. The zero-order valence-corrected chi connectivity index (χ0v) is 15.3. The van der Waals surface area contributed by atoms with Crippen molar-refractivity contribution in [3.8, 4) is 0 Å². The van der Waals surface area contributed by atoms with E-state index in [4.69, 9.17) is 9.47 Å². The molecule has 0 heterocycles. The normalized spacial score (nSPS) is 23.0. The number of rotatable bonds is 4. The highest BCUT2D eigenvalue weighted by molar-refractivity contribution is 5.83. The Morgan fingerprint density at radius 3 is 2.35 bits per heavy atom. The summed E-state index contributed by atoms with van der Waals surface area (Å²) in [6.45, 7) is 7.67. The fourth-order valence-corrected chi connectivity index (χ4v) is 2.55. The number of carbonyl (C=O) groups excluding carboxylic acids is 1. The van der Waals surface area contributed by atoms with Crippen molar-refractivity contribution >= 4 is 18.3 Å². The van der Waals surface area contributed by atoms with E-state index in [2.05, 4.69) is 9.98 Å². The van der Waals surface area contributed by atoms with Crippen molar-refractivity contribution in [1.29, 1.82) is 0 Å². The van der Waals surface area contributed by atoms with Gasteiger partial charge in [-0.1, -0.05) is 6.92 Å². The molecule has 1 amide bonds. The SMILES string of the molecule is CCC(=NC=NC)OC1CCC(N(C)C(=O)OC(C)(C)C)CC1. The molecule has 132 valence electrons. The number of hydrogen-bond acceptors (Lipinski definition) is 4. The van der Waals surface area contributed by atoms with E-state index in [9.17, 15) is 4.79 Å². The van der Waals surface area contributed by atoms with E-state index in [-0.39, 0.29) is 18.2 Å². The molecule has 0 aliphatic heterocycles. The summed E-state index contributed by atoms with van der Waals surface area (Å²) in [5.41, 5.74) is -0.459. The summed E-state index contributed by atoms with van der Waals surface area (Å²) in [6, 6.07) is 0.212. The van der Waals surface area contributed by atoms with Gasteiger partial charge >= 0.3 is 6.09 Å². The van der Waals surface area contributed by atoms with Gasteiger partial charge < -0.3 is 14.4 Å². The van der Waals surface area contributed by atoms with Crippen LogP contribution in [0.4, 0.5) is 4.79 Å². The van der Waals surface area contributed by atoms with Crippen LogP contribution in [0.25, 0.3) is 0 Å². The highest BCUT2D eigenvalue weighted by atomic mass is 16.6. The lowest BCUT2D eigenvalue weighted by atomic mass is 9.92. The predicted molar refractivity (Wildman–Crippen MR) is 93.3 cm³/mol. The summed E-state index contributed by atoms with van der Waals surface area (Å²) in [4.78, 5) is 21.9. The van der Waals surface area contributed by atoms with Crippen LogP contribution >= 0.6 is 0 Å². The Morgan fingerprint density at radius 2 is 1.87 bits per heavy atom. The van der Waals surface area contributed by atoms with Crippen LogP contribution in [0.3, 0.4) is 0 Å². The Balaban J connectivity index is 2.47. The molecule has 23 heavy (non-hydrogen) atoms. The third kappa shape index (κ3) is 7.01. The quantitative estimate of drug-likeness (QED) is 0.585. The third-order valence-corrected chi connectivity index (χ3v) is 3.80. The van der Waals surface area contributed by atoms with Gasteiger partial charge in [0.25, 0.3) is 0 Å². The molecule has 0 unspecified atom stereocenters. The van der Waals surface area contributed by atoms with Crippen LogP contribution in [0.5, 0.6) is 0 Å². The fraction of sp³-hybridized carbons (Fsp3) is 0.824. The molecule has 0 aromatic rings. The predicted octanol–water partition coefficient (Wildman–Crippen LogP) is 3.65. The van der Waals surface area contributed by atoms with Gasteiger partial charge in [-0.15, -0.1) is 0 Å². The average molecular weight is 325 g/mol. The molecule has 6 heteroatoms. The zero-order chi connectivity index (χ0) is 17.5. The van der Waals surface area contributed by atoms with Crippen LogP contribution in [0.2, 0.25) is 0 Å². The molecule has 1 rings (SSSR count). The van der Waals surface area contributed by atoms with Crippen molar-refractivity contribution in [3.63, 3.8) is 0 Å². The first-order valence-electron chi connectivity index (χ1n) is 8.36. The lowest BCUT2D eigenvalue weighted by molar-refractivity contribution is 0.0131. The first-order valence-corrected chi connectivity index (χ1v) is 8.36. The molecule has 0 aromatic carbocycles. The van der Waals surface area contributed by atoms with Gasteiger partial charge in [0.1, 0.15) is 18.0 Å². The van der Waals surface area contributed by atoms with Crippen LogP contribution in [-0.2, 0) is 9.47 Å². The Morgan fingerprint density at radius 1 is 1.26 bits per heavy atom. The molecule has 1 aliphatic rings. The molecule has 1 saturated carbocycles. The molecule has 0 aromatic heterocycles. The number of amides is 1. The van der Waals surface area contributed by atoms with Crippen LogP contribution in [-0.4, -0.2) is 55.1 Å². The molecular formula is C17H31N3O3. The van der Waals surface area contributed by atoms with E-state index in [1.54, 1.807) is 11.9 Å². The Kier molecular flexibility index (Phi) is 7.52. The van der Waals surface area contributed by atoms with Gasteiger partial charge in [0.05, 0.1) is 0 Å². The summed E-state index contributed by atoms with van der Waals surface area (Å²) < 4.78 is 11.4. The smallest absolute Gasteiger partial charge is 0.410 e. The van der Waals surface area contributed by atoms with E-state index in [1.807, 2.05) is 34.7 Å². The van der Waals surface area contributed by atoms with Gasteiger partial charge in [0.2, 0.25) is 0 Å². The summed E-state index contributed by atoms with van der Waals surface area (Å²) >= 11 is 0. The van der Waals surface area contributed by atoms with Crippen molar-refractivity contribution in [3.05, 3.63) is 0 Å². The molecule has 0 atom stereocenters. The molecule has 1 fully saturated rings. The highest BCUT2D eigenvalue weighted by Crippen LogP contribution is 2.26. The maximum Gasteiger partial charge on any atom is 0.410 e. The van der Waals surface area contributed by atoms with Gasteiger partial charge in [-0.25, -0.2) is 9.79 Å². The van der Waals surface area contributed by atoms with Gasteiger partial charge in [-0.3, -0.25) is 4.99 Å². The zero-order valence-electron chi connectivity index (χ0n) is 15.3. The van der Waals surface area contributed by atoms with E-state index in [0.717, 1.165) is 38.0 Å². The fourth-order valence-electron chi connectivity index (χ4n) is 2.55. The standard InChI is InChI=1S/C17H31N3O3/c1-7-15(19-12-18-5)22-14-10-8-13(9-11-14)20(6)16(21)23-17(2,3)4/h12-14H,7-11H2,1-6H3. The molecule has 0 radical (unpaired) electrons.